The molecule has 1 aliphatic heterocycles. The lowest BCUT2D eigenvalue weighted by Gasteiger charge is -2.19. The Kier molecular flexibility index (Phi) is 6.14. The fourth-order valence-corrected chi connectivity index (χ4v) is 2.73. The lowest BCUT2D eigenvalue weighted by Crippen LogP contribution is -2.27. The summed E-state index contributed by atoms with van der Waals surface area (Å²) < 4.78 is 4.91. The zero-order valence-corrected chi connectivity index (χ0v) is 13.0. The first-order chi connectivity index (χ1) is 10.2. The molecule has 0 aromatic carbocycles. The van der Waals surface area contributed by atoms with Crippen LogP contribution in [-0.2, 0) is 16.0 Å². The lowest BCUT2D eigenvalue weighted by atomic mass is 10.1. The van der Waals surface area contributed by atoms with Gasteiger partial charge in [-0.05, 0) is 45.0 Å². The highest BCUT2D eigenvalue weighted by atomic mass is 16.5. The fourth-order valence-electron chi connectivity index (χ4n) is 2.73. The van der Waals surface area contributed by atoms with Crippen LogP contribution in [0.1, 0.15) is 36.7 Å². The van der Waals surface area contributed by atoms with Crippen LogP contribution in [0.3, 0.4) is 0 Å². The first kappa shape index (κ1) is 15.9. The van der Waals surface area contributed by atoms with E-state index in [1.54, 1.807) is 7.11 Å². The minimum Gasteiger partial charge on any atom is -0.383 e. The smallest absolute Gasteiger partial charge is 0.220 e. The van der Waals surface area contributed by atoms with E-state index in [0.717, 1.165) is 17.9 Å². The third-order valence-electron chi connectivity index (χ3n) is 3.93. The molecule has 0 radical (unpaired) electrons. The molecule has 0 saturated carbocycles. The van der Waals surface area contributed by atoms with Gasteiger partial charge in [0.1, 0.15) is 0 Å². The van der Waals surface area contributed by atoms with E-state index in [0.29, 0.717) is 32.0 Å². The molecule has 1 aromatic heterocycles. The van der Waals surface area contributed by atoms with Gasteiger partial charge in [-0.25, -0.2) is 0 Å². The van der Waals surface area contributed by atoms with Crippen molar-refractivity contribution in [2.45, 2.75) is 31.7 Å². The van der Waals surface area contributed by atoms with Gasteiger partial charge in [-0.15, -0.1) is 0 Å². The summed E-state index contributed by atoms with van der Waals surface area (Å²) in [7, 11) is 3.77. The number of aromatic nitrogens is 1. The van der Waals surface area contributed by atoms with Gasteiger partial charge < -0.3 is 10.1 Å². The fraction of sp³-hybridized carbons (Fsp3) is 0.625. The van der Waals surface area contributed by atoms with Crippen molar-refractivity contribution < 1.29 is 9.53 Å². The van der Waals surface area contributed by atoms with Crippen LogP contribution in [-0.4, -0.2) is 49.6 Å². The Morgan fingerprint density at radius 1 is 1.52 bits per heavy atom. The van der Waals surface area contributed by atoms with Crippen molar-refractivity contribution in [3.05, 3.63) is 29.6 Å². The second kappa shape index (κ2) is 8.10. The molecule has 1 N–H and O–H groups in total. The standard InChI is InChI=1S/C16H25N3O2/c1-19-11-4-7-15(19)14-6-3-5-13(18-14)8-9-16(20)17-10-12-21-2/h3,5-6,15H,4,7-12H2,1-2H3,(H,17,20)/t15-/m0/s1. The molecule has 116 valence electrons. The van der Waals surface area contributed by atoms with Gasteiger partial charge in [0.2, 0.25) is 5.91 Å². The molecule has 21 heavy (non-hydrogen) atoms. The predicted octanol–water partition coefficient (Wildman–Crippen LogP) is 1.54. The van der Waals surface area contributed by atoms with E-state index in [4.69, 9.17) is 9.72 Å². The van der Waals surface area contributed by atoms with Crippen LogP contribution < -0.4 is 5.32 Å². The highest BCUT2D eigenvalue weighted by Gasteiger charge is 2.23. The number of hydrogen-bond acceptors (Lipinski definition) is 4. The number of nitrogens with zero attached hydrogens (tertiary/aromatic N) is 2. The molecule has 1 saturated heterocycles. The number of likely N-dealkylation sites (tertiary alicyclic amines) is 1. The van der Waals surface area contributed by atoms with Crippen LogP contribution in [0.25, 0.3) is 0 Å². The third kappa shape index (κ3) is 4.79. The van der Waals surface area contributed by atoms with E-state index in [-0.39, 0.29) is 5.91 Å². The minimum absolute atomic E-state index is 0.0530. The molecule has 1 fully saturated rings. The van der Waals surface area contributed by atoms with Gasteiger partial charge >= 0.3 is 0 Å². The average molecular weight is 291 g/mol. The van der Waals surface area contributed by atoms with Crippen molar-refractivity contribution in [1.82, 2.24) is 15.2 Å². The topological polar surface area (TPSA) is 54.5 Å². The number of carbonyl (C=O) groups is 1. The third-order valence-corrected chi connectivity index (χ3v) is 3.93. The zero-order chi connectivity index (χ0) is 15.1. The van der Waals surface area contributed by atoms with Crippen LogP contribution >= 0.6 is 0 Å². The summed E-state index contributed by atoms with van der Waals surface area (Å²) in [6.45, 7) is 2.25. The normalized spacial score (nSPS) is 18.9. The molecule has 2 heterocycles. The van der Waals surface area contributed by atoms with Crippen molar-refractivity contribution >= 4 is 5.91 Å². The molecule has 5 nitrogen and oxygen atoms in total. The molecular formula is C16H25N3O2. The van der Waals surface area contributed by atoms with Crippen LogP contribution in [0.5, 0.6) is 0 Å². The van der Waals surface area contributed by atoms with Gasteiger partial charge in [0.05, 0.1) is 18.3 Å². The van der Waals surface area contributed by atoms with E-state index >= 15 is 0 Å². The highest BCUT2D eigenvalue weighted by Crippen LogP contribution is 2.28. The Morgan fingerprint density at radius 3 is 3.10 bits per heavy atom. The minimum atomic E-state index is 0.0530. The van der Waals surface area contributed by atoms with Gasteiger partial charge in [-0.1, -0.05) is 6.07 Å². The molecule has 1 atom stereocenters. The Labute approximate surface area is 126 Å². The largest absolute Gasteiger partial charge is 0.383 e. The molecular weight excluding hydrogens is 266 g/mol. The number of aryl methyl sites for hydroxylation is 1. The summed E-state index contributed by atoms with van der Waals surface area (Å²) >= 11 is 0. The second-order valence-corrected chi connectivity index (χ2v) is 5.54. The molecule has 0 spiro atoms. The zero-order valence-electron chi connectivity index (χ0n) is 13.0. The van der Waals surface area contributed by atoms with E-state index < -0.39 is 0 Å². The molecule has 1 aromatic rings. The summed E-state index contributed by atoms with van der Waals surface area (Å²) in [5.41, 5.74) is 2.13. The van der Waals surface area contributed by atoms with Crippen LogP contribution in [0.2, 0.25) is 0 Å². The Bertz CT molecular complexity index is 465. The van der Waals surface area contributed by atoms with Crippen molar-refractivity contribution in [1.29, 1.82) is 0 Å². The van der Waals surface area contributed by atoms with E-state index in [1.807, 2.05) is 12.1 Å². The number of ether oxygens (including phenoxy) is 1. The predicted molar refractivity (Wildman–Crippen MR) is 82.0 cm³/mol. The molecule has 0 aliphatic carbocycles. The quantitative estimate of drug-likeness (QED) is 0.774. The van der Waals surface area contributed by atoms with Crippen LogP contribution in [0, 0.1) is 0 Å². The number of hydrogen-bond donors (Lipinski definition) is 1. The number of methoxy groups -OCH3 is 1. The van der Waals surface area contributed by atoms with Crippen molar-refractivity contribution in [3.63, 3.8) is 0 Å². The number of rotatable bonds is 7. The molecule has 5 heteroatoms. The molecule has 0 unspecified atom stereocenters. The SMILES string of the molecule is COCCNC(=O)CCc1cccc([C@@H]2CCCN2C)n1. The van der Waals surface area contributed by atoms with Gasteiger partial charge in [0.15, 0.2) is 0 Å². The Balaban J connectivity index is 1.85. The maximum atomic E-state index is 11.7. The van der Waals surface area contributed by atoms with E-state index in [2.05, 4.69) is 23.3 Å². The number of carbonyl (C=O) groups excluding carboxylic acids is 1. The summed E-state index contributed by atoms with van der Waals surface area (Å²) in [5.74, 6) is 0.0530. The Hall–Kier alpha value is -1.46. The number of pyridine rings is 1. The van der Waals surface area contributed by atoms with Gasteiger partial charge in [-0.3, -0.25) is 14.7 Å². The molecule has 0 bridgehead atoms. The van der Waals surface area contributed by atoms with Crippen molar-refractivity contribution in [3.8, 4) is 0 Å². The van der Waals surface area contributed by atoms with Gasteiger partial charge in [-0.2, -0.15) is 0 Å². The summed E-state index contributed by atoms with van der Waals surface area (Å²) in [6.07, 6.45) is 3.56. The maximum Gasteiger partial charge on any atom is 0.220 e. The monoisotopic (exact) mass is 291 g/mol. The van der Waals surface area contributed by atoms with Crippen LogP contribution in [0.4, 0.5) is 0 Å². The first-order valence-corrected chi connectivity index (χ1v) is 7.62. The van der Waals surface area contributed by atoms with Crippen molar-refractivity contribution in [2.24, 2.45) is 0 Å². The first-order valence-electron chi connectivity index (χ1n) is 7.62. The van der Waals surface area contributed by atoms with Crippen LogP contribution in [0.15, 0.2) is 18.2 Å². The highest BCUT2D eigenvalue weighted by molar-refractivity contribution is 5.76. The van der Waals surface area contributed by atoms with Gasteiger partial charge in [0, 0.05) is 25.8 Å². The maximum absolute atomic E-state index is 11.7. The molecule has 1 aliphatic rings. The summed E-state index contributed by atoms with van der Waals surface area (Å²) in [6, 6.07) is 6.57. The molecule has 1 amide bonds. The molecule has 2 rings (SSSR count). The summed E-state index contributed by atoms with van der Waals surface area (Å²) in [4.78, 5) is 18.8. The number of nitrogens with one attached hydrogen (secondary N) is 1. The summed E-state index contributed by atoms with van der Waals surface area (Å²) in [5, 5.41) is 2.83. The van der Waals surface area contributed by atoms with E-state index in [9.17, 15) is 4.79 Å². The van der Waals surface area contributed by atoms with Crippen molar-refractivity contribution in [2.75, 3.05) is 33.9 Å². The van der Waals surface area contributed by atoms with Gasteiger partial charge in [0.25, 0.3) is 0 Å². The number of amides is 1. The lowest BCUT2D eigenvalue weighted by molar-refractivity contribution is -0.121. The second-order valence-electron chi connectivity index (χ2n) is 5.54. The Morgan fingerprint density at radius 2 is 2.38 bits per heavy atom. The average Bonchev–Trinajstić information content (AvgIpc) is 2.92. The van der Waals surface area contributed by atoms with E-state index in [1.165, 1.54) is 12.8 Å².